The van der Waals surface area contributed by atoms with Gasteiger partial charge in [0.1, 0.15) is 12.1 Å². The van der Waals surface area contributed by atoms with Crippen LogP contribution in [0.25, 0.3) is 0 Å². The lowest BCUT2D eigenvalue weighted by atomic mass is 10.0. The fraction of sp³-hybridized carbons (Fsp3) is 0.348. The summed E-state index contributed by atoms with van der Waals surface area (Å²) in [5.41, 5.74) is 1.46. The fourth-order valence-electron chi connectivity index (χ4n) is 4.22. The van der Waals surface area contributed by atoms with Crippen LogP contribution in [-0.2, 0) is 20.9 Å². The van der Waals surface area contributed by atoms with E-state index in [9.17, 15) is 23.4 Å². The first-order valence-electron chi connectivity index (χ1n) is 11.2. The monoisotopic (exact) mass is 586 g/mol. The summed E-state index contributed by atoms with van der Waals surface area (Å²) < 4.78 is 27.1. The second kappa shape index (κ2) is 11.7. The van der Waals surface area contributed by atoms with Crippen molar-refractivity contribution in [3.63, 3.8) is 0 Å². The molecule has 0 saturated heterocycles. The maximum absolute atomic E-state index is 13.4. The molecule has 3 aromatic rings. The van der Waals surface area contributed by atoms with Gasteiger partial charge in [-0.15, -0.1) is 11.3 Å². The van der Waals surface area contributed by atoms with Crippen molar-refractivity contribution in [3.05, 3.63) is 73.8 Å². The summed E-state index contributed by atoms with van der Waals surface area (Å²) >= 11 is 13.5. The minimum atomic E-state index is -4.12. The number of aromatic nitrogens is 2. The van der Waals surface area contributed by atoms with Crippen molar-refractivity contribution < 1.29 is 27.6 Å². The zero-order valence-corrected chi connectivity index (χ0v) is 22.4. The van der Waals surface area contributed by atoms with Gasteiger partial charge in [0.25, 0.3) is 0 Å². The number of nitrogens with one attached hydrogen (secondary N) is 1. The standard InChI is InChI=1S/C23H24Cl2N4O6S2/c24-15-3-1-2-12(4-15)18(30)6-13-7-20(36-22(13)25)21(32)17-9-27-11-28-23(17)29-16-5-14(19(31)8-16)10-35-37(26,33)34/h1-4,7,9,11,14,16,18-19,30-31H,5-6,8,10H2,(H2,26,33,34)(H,27,28,29)/t14-,16-,18-,19+/m1/s1. The summed E-state index contributed by atoms with van der Waals surface area (Å²) in [5, 5.41) is 29.4. The molecular weight excluding hydrogens is 563 g/mol. The molecule has 2 aromatic heterocycles. The number of carbonyl (C=O) groups excluding carboxylic acids is 1. The number of ketones is 1. The maximum atomic E-state index is 13.4. The molecule has 37 heavy (non-hydrogen) atoms. The fourth-order valence-corrected chi connectivity index (χ4v) is 6.03. The first kappa shape index (κ1) is 27.9. The number of halogens is 2. The Morgan fingerprint density at radius 2 is 2.08 bits per heavy atom. The van der Waals surface area contributed by atoms with Crippen molar-refractivity contribution in [2.24, 2.45) is 11.1 Å². The lowest BCUT2D eigenvalue weighted by Crippen LogP contribution is -2.24. The molecule has 1 saturated carbocycles. The van der Waals surface area contributed by atoms with Crippen LogP contribution in [0.2, 0.25) is 9.36 Å². The van der Waals surface area contributed by atoms with E-state index in [0.717, 1.165) is 11.3 Å². The molecule has 0 amide bonds. The quantitative estimate of drug-likeness (QED) is 0.261. The number of aliphatic hydroxyl groups excluding tert-OH is 2. The van der Waals surface area contributed by atoms with Crippen molar-refractivity contribution in [1.29, 1.82) is 0 Å². The second-order valence-corrected chi connectivity index (χ2v) is 12.0. The van der Waals surface area contributed by atoms with Gasteiger partial charge in [0.15, 0.2) is 0 Å². The highest BCUT2D eigenvalue weighted by Gasteiger charge is 2.35. The largest absolute Gasteiger partial charge is 0.393 e. The number of hydrogen-bond donors (Lipinski definition) is 4. The Bertz CT molecular complexity index is 1390. The number of carbonyl (C=O) groups is 1. The number of nitrogens with two attached hydrogens (primary N) is 1. The Morgan fingerprint density at radius 1 is 1.30 bits per heavy atom. The smallest absolute Gasteiger partial charge is 0.333 e. The summed E-state index contributed by atoms with van der Waals surface area (Å²) in [6, 6.07) is 8.23. The average Bonchev–Trinajstić information content (AvgIpc) is 3.38. The van der Waals surface area contributed by atoms with Gasteiger partial charge in [0.05, 0.1) is 33.6 Å². The molecule has 1 aliphatic carbocycles. The zero-order valence-electron chi connectivity index (χ0n) is 19.3. The number of benzene rings is 1. The molecule has 0 radical (unpaired) electrons. The van der Waals surface area contributed by atoms with Crippen LogP contribution in [0.3, 0.4) is 0 Å². The first-order chi connectivity index (χ1) is 17.5. The van der Waals surface area contributed by atoms with E-state index >= 15 is 0 Å². The molecule has 14 heteroatoms. The number of aliphatic hydroxyl groups is 2. The lowest BCUT2D eigenvalue weighted by Gasteiger charge is -2.15. The van der Waals surface area contributed by atoms with E-state index in [2.05, 4.69) is 19.5 Å². The second-order valence-electron chi connectivity index (χ2n) is 8.72. The van der Waals surface area contributed by atoms with E-state index in [1.54, 1.807) is 30.3 Å². The molecule has 1 aromatic carbocycles. The molecular formula is C23H24Cl2N4O6S2. The Hall–Kier alpha value is -2.16. The molecule has 0 unspecified atom stereocenters. The topological polar surface area (TPSA) is 165 Å². The number of thiophene rings is 1. The van der Waals surface area contributed by atoms with Crippen molar-refractivity contribution in [1.82, 2.24) is 9.97 Å². The van der Waals surface area contributed by atoms with E-state index in [1.807, 2.05) is 0 Å². The minimum Gasteiger partial charge on any atom is -0.393 e. The third kappa shape index (κ3) is 7.24. The van der Waals surface area contributed by atoms with Gasteiger partial charge in [-0.25, -0.2) is 15.1 Å². The number of hydrogen-bond acceptors (Lipinski definition) is 10. The SMILES string of the molecule is NS(=O)(=O)OC[C@H]1C[C@@H](Nc2ncncc2C(=O)c2cc(C[C@@H](O)c3cccc(Cl)c3)c(Cl)s2)C[C@@H]1O. The van der Waals surface area contributed by atoms with E-state index < -0.39 is 28.4 Å². The molecule has 10 nitrogen and oxygen atoms in total. The summed E-state index contributed by atoms with van der Waals surface area (Å²) in [7, 11) is -4.12. The Kier molecular flexibility index (Phi) is 8.81. The number of rotatable bonds is 10. The van der Waals surface area contributed by atoms with Crippen LogP contribution in [0.1, 0.15) is 45.3 Å². The molecule has 2 heterocycles. The van der Waals surface area contributed by atoms with E-state index in [-0.39, 0.29) is 36.2 Å². The average molecular weight is 588 g/mol. The Labute approximate surface area is 227 Å². The van der Waals surface area contributed by atoms with E-state index in [0.29, 0.717) is 38.2 Å². The van der Waals surface area contributed by atoms with Crippen LogP contribution >= 0.6 is 34.5 Å². The number of nitrogens with zero attached hydrogens (tertiary/aromatic N) is 2. The van der Waals surface area contributed by atoms with Gasteiger partial charge in [-0.2, -0.15) is 8.42 Å². The molecule has 4 atom stereocenters. The summed E-state index contributed by atoms with van der Waals surface area (Å²) in [6.45, 7) is -0.245. The highest BCUT2D eigenvalue weighted by Crippen LogP contribution is 2.34. The van der Waals surface area contributed by atoms with Gasteiger partial charge in [-0.1, -0.05) is 35.3 Å². The lowest BCUT2D eigenvalue weighted by molar-refractivity contribution is 0.101. The highest BCUT2D eigenvalue weighted by atomic mass is 35.5. The van der Waals surface area contributed by atoms with Crippen LogP contribution in [0.5, 0.6) is 0 Å². The van der Waals surface area contributed by atoms with Crippen LogP contribution in [0, 0.1) is 5.92 Å². The Balaban J connectivity index is 1.46. The molecule has 0 bridgehead atoms. The van der Waals surface area contributed by atoms with Crippen molar-refractivity contribution in [3.8, 4) is 0 Å². The molecule has 198 valence electrons. The highest BCUT2D eigenvalue weighted by molar-refractivity contribution is 7.84. The molecule has 0 spiro atoms. The van der Waals surface area contributed by atoms with Crippen LogP contribution in [-0.4, -0.2) is 53.1 Å². The van der Waals surface area contributed by atoms with Crippen molar-refractivity contribution in [2.45, 2.75) is 37.5 Å². The van der Waals surface area contributed by atoms with Crippen LogP contribution in [0.4, 0.5) is 5.82 Å². The Morgan fingerprint density at radius 3 is 2.81 bits per heavy atom. The maximum Gasteiger partial charge on any atom is 0.333 e. The summed E-state index contributed by atoms with van der Waals surface area (Å²) in [6.07, 6.45) is 1.88. The first-order valence-corrected chi connectivity index (χ1v) is 14.2. The van der Waals surface area contributed by atoms with Crippen molar-refractivity contribution in [2.75, 3.05) is 11.9 Å². The molecule has 5 N–H and O–H groups in total. The molecule has 1 fully saturated rings. The third-order valence-corrected chi connectivity index (χ3v) is 8.17. The number of anilines is 1. The summed E-state index contributed by atoms with van der Waals surface area (Å²) in [5.74, 6) is -0.539. The zero-order chi connectivity index (χ0) is 26.7. The third-order valence-electron chi connectivity index (χ3n) is 6.03. The van der Waals surface area contributed by atoms with Gasteiger partial charge in [0, 0.05) is 29.6 Å². The normalized spacial score (nSPS) is 20.6. The van der Waals surface area contributed by atoms with E-state index in [4.69, 9.17) is 28.3 Å². The van der Waals surface area contributed by atoms with Crippen molar-refractivity contribution >= 4 is 56.4 Å². The molecule has 0 aliphatic heterocycles. The van der Waals surface area contributed by atoms with Gasteiger partial charge in [-0.3, -0.25) is 8.98 Å². The summed E-state index contributed by atoms with van der Waals surface area (Å²) in [4.78, 5) is 21.9. The van der Waals surface area contributed by atoms with Gasteiger partial charge in [-0.05, 0) is 42.2 Å². The molecule has 1 aliphatic rings. The van der Waals surface area contributed by atoms with Crippen LogP contribution in [0.15, 0.2) is 42.9 Å². The van der Waals surface area contributed by atoms with Crippen LogP contribution < -0.4 is 10.5 Å². The van der Waals surface area contributed by atoms with Gasteiger partial charge in [0.2, 0.25) is 5.78 Å². The van der Waals surface area contributed by atoms with Gasteiger partial charge < -0.3 is 15.5 Å². The molecule has 4 rings (SSSR count). The predicted octanol–water partition coefficient (Wildman–Crippen LogP) is 3.12. The predicted molar refractivity (Wildman–Crippen MR) is 140 cm³/mol. The minimum absolute atomic E-state index is 0.196. The van der Waals surface area contributed by atoms with E-state index in [1.165, 1.54) is 12.5 Å². The van der Waals surface area contributed by atoms with Gasteiger partial charge >= 0.3 is 10.3 Å².